The van der Waals surface area contributed by atoms with Crippen molar-refractivity contribution in [2.24, 2.45) is 0 Å². The summed E-state index contributed by atoms with van der Waals surface area (Å²) in [6.07, 6.45) is 1.06. The molecule has 0 spiro atoms. The molecule has 0 aliphatic carbocycles. The van der Waals surface area contributed by atoms with Crippen molar-refractivity contribution in [2.75, 3.05) is 33.1 Å². The van der Waals surface area contributed by atoms with E-state index in [1.165, 1.54) is 0 Å². The van der Waals surface area contributed by atoms with Crippen molar-refractivity contribution in [3.8, 4) is 11.5 Å². The highest BCUT2D eigenvalue weighted by Gasteiger charge is 2.21. The van der Waals surface area contributed by atoms with Crippen LogP contribution in [0.4, 0.5) is 0 Å². The molecule has 1 N–H and O–H groups in total. The molecule has 0 fully saturated rings. The molecule has 0 aromatic heterocycles. The minimum absolute atomic E-state index is 0.0221. The highest BCUT2D eigenvalue weighted by Crippen LogP contribution is 2.18. The fourth-order valence-electron chi connectivity index (χ4n) is 2.35. The van der Waals surface area contributed by atoms with Crippen LogP contribution in [-0.2, 0) is 21.4 Å². The number of hydrogen-bond donors (Lipinski definition) is 1. The average Bonchev–Trinajstić information content (AvgIpc) is 2.66. The molecule has 1 amide bonds. The first-order chi connectivity index (χ1) is 13.3. The Morgan fingerprint density at radius 3 is 2.36 bits per heavy atom. The van der Waals surface area contributed by atoms with E-state index < -0.39 is 15.9 Å². The minimum atomic E-state index is -3.58. The van der Waals surface area contributed by atoms with Crippen LogP contribution in [0.3, 0.4) is 0 Å². The van der Waals surface area contributed by atoms with Gasteiger partial charge in [-0.3, -0.25) is 4.79 Å². The number of nitrogens with zero attached hydrogens (tertiary/aromatic N) is 1. The number of amides is 1. The summed E-state index contributed by atoms with van der Waals surface area (Å²) in [7, 11) is -2.00. The molecule has 0 atom stereocenters. The molecule has 0 aliphatic rings. The van der Waals surface area contributed by atoms with Gasteiger partial charge in [0.1, 0.15) is 18.1 Å². The van der Waals surface area contributed by atoms with Crippen LogP contribution in [0.2, 0.25) is 5.02 Å². The molecule has 152 valence electrons. The van der Waals surface area contributed by atoms with Gasteiger partial charge in [0.15, 0.2) is 0 Å². The van der Waals surface area contributed by atoms with Crippen molar-refractivity contribution in [2.45, 2.75) is 6.54 Å². The van der Waals surface area contributed by atoms with E-state index in [2.05, 4.69) is 5.32 Å². The lowest BCUT2D eigenvalue weighted by atomic mass is 10.2. The Kier molecular flexibility index (Phi) is 8.10. The van der Waals surface area contributed by atoms with E-state index in [4.69, 9.17) is 21.1 Å². The summed E-state index contributed by atoms with van der Waals surface area (Å²) in [4.78, 5) is 12.1. The molecule has 2 aromatic rings. The number of sulfonamides is 1. The minimum Gasteiger partial charge on any atom is -0.497 e. The first-order valence-electron chi connectivity index (χ1n) is 8.51. The number of benzene rings is 2. The molecule has 28 heavy (non-hydrogen) atoms. The molecule has 2 aromatic carbocycles. The van der Waals surface area contributed by atoms with Gasteiger partial charge < -0.3 is 14.8 Å². The standard InChI is InChI=1S/C19H23ClN2O5S/c1-26-16-7-9-17(10-8-16)27-12-11-21-19(23)14-22(28(2,24)25)13-15-5-3-4-6-18(15)20/h3-10H,11-14H2,1-2H3,(H,21,23). The quantitative estimate of drug-likeness (QED) is 0.589. The molecule has 0 radical (unpaired) electrons. The zero-order chi connectivity index (χ0) is 20.6. The second kappa shape index (κ2) is 10.3. The predicted molar refractivity (Wildman–Crippen MR) is 108 cm³/mol. The van der Waals surface area contributed by atoms with Crippen LogP contribution >= 0.6 is 11.6 Å². The maximum atomic E-state index is 12.1. The van der Waals surface area contributed by atoms with Gasteiger partial charge >= 0.3 is 0 Å². The number of hydrogen-bond acceptors (Lipinski definition) is 5. The van der Waals surface area contributed by atoms with E-state index in [0.717, 1.165) is 16.3 Å². The van der Waals surface area contributed by atoms with Gasteiger partial charge in [0.2, 0.25) is 15.9 Å². The van der Waals surface area contributed by atoms with Gasteiger partial charge in [-0.25, -0.2) is 8.42 Å². The summed E-state index contributed by atoms with van der Waals surface area (Å²) in [5, 5.41) is 3.10. The van der Waals surface area contributed by atoms with E-state index in [0.29, 0.717) is 16.3 Å². The monoisotopic (exact) mass is 426 g/mol. The van der Waals surface area contributed by atoms with Crippen LogP contribution in [0, 0.1) is 0 Å². The number of nitrogens with one attached hydrogen (secondary N) is 1. The number of methoxy groups -OCH3 is 1. The Bertz CT molecular complexity index is 887. The van der Waals surface area contributed by atoms with Gasteiger partial charge in [-0.2, -0.15) is 4.31 Å². The summed E-state index contributed by atoms with van der Waals surface area (Å²) in [5.74, 6) is 0.947. The third kappa shape index (κ3) is 7.03. The Balaban J connectivity index is 1.83. The number of halogens is 1. The van der Waals surface area contributed by atoms with Crippen molar-refractivity contribution in [1.82, 2.24) is 9.62 Å². The van der Waals surface area contributed by atoms with Gasteiger partial charge in [0.25, 0.3) is 0 Å². The zero-order valence-electron chi connectivity index (χ0n) is 15.7. The summed E-state index contributed by atoms with van der Waals surface area (Å²) < 4.78 is 35.7. The largest absolute Gasteiger partial charge is 0.497 e. The first kappa shape index (κ1) is 22.0. The molecule has 9 heteroatoms. The lowest BCUT2D eigenvalue weighted by molar-refractivity contribution is -0.121. The molecule has 0 heterocycles. The van der Waals surface area contributed by atoms with Crippen molar-refractivity contribution < 1.29 is 22.7 Å². The van der Waals surface area contributed by atoms with Crippen LogP contribution < -0.4 is 14.8 Å². The van der Waals surface area contributed by atoms with Crippen LogP contribution in [-0.4, -0.2) is 51.7 Å². The smallest absolute Gasteiger partial charge is 0.235 e. The highest BCUT2D eigenvalue weighted by molar-refractivity contribution is 7.88. The van der Waals surface area contributed by atoms with Gasteiger partial charge in [0.05, 0.1) is 26.5 Å². The maximum Gasteiger partial charge on any atom is 0.235 e. The normalized spacial score (nSPS) is 11.3. The van der Waals surface area contributed by atoms with Crippen LogP contribution in [0.5, 0.6) is 11.5 Å². The number of carbonyl (C=O) groups is 1. The Morgan fingerprint density at radius 2 is 1.75 bits per heavy atom. The van der Waals surface area contributed by atoms with Crippen molar-refractivity contribution in [1.29, 1.82) is 0 Å². The lowest BCUT2D eigenvalue weighted by Gasteiger charge is -2.20. The fourth-order valence-corrected chi connectivity index (χ4v) is 3.28. The Labute approximate surface area is 170 Å². The van der Waals surface area contributed by atoms with Crippen molar-refractivity contribution in [3.05, 3.63) is 59.1 Å². The second-order valence-corrected chi connectivity index (χ2v) is 8.39. The molecule has 7 nitrogen and oxygen atoms in total. The van der Waals surface area contributed by atoms with Gasteiger partial charge in [-0.1, -0.05) is 29.8 Å². The Morgan fingerprint density at radius 1 is 1.11 bits per heavy atom. The molecular weight excluding hydrogens is 404 g/mol. The summed E-state index contributed by atoms with van der Waals surface area (Å²) in [5.41, 5.74) is 0.630. The van der Waals surface area contributed by atoms with E-state index in [1.54, 1.807) is 55.6 Å². The summed E-state index contributed by atoms with van der Waals surface area (Å²) >= 11 is 6.09. The maximum absolute atomic E-state index is 12.1. The molecule has 0 saturated carbocycles. The summed E-state index contributed by atoms with van der Waals surface area (Å²) in [6, 6.07) is 14.0. The molecule has 0 saturated heterocycles. The molecule has 2 rings (SSSR count). The predicted octanol–water partition coefficient (Wildman–Crippen LogP) is 2.31. The Hall–Kier alpha value is -2.29. The van der Waals surface area contributed by atoms with Gasteiger partial charge in [0, 0.05) is 11.6 Å². The molecule has 0 bridgehead atoms. The van der Waals surface area contributed by atoms with E-state index in [9.17, 15) is 13.2 Å². The van der Waals surface area contributed by atoms with Gasteiger partial charge in [-0.15, -0.1) is 0 Å². The third-order valence-electron chi connectivity index (χ3n) is 3.85. The van der Waals surface area contributed by atoms with Crippen LogP contribution in [0.1, 0.15) is 5.56 Å². The van der Waals surface area contributed by atoms with Crippen molar-refractivity contribution >= 4 is 27.5 Å². The van der Waals surface area contributed by atoms with E-state index in [1.807, 2.05) is 0 Å². The number of rotatable bonds is 10. The zero-order valence-corrected chi connectivity index (χ0v) is 17.3. The van der Waals surface area contributed by atoms with E-state index >= 15 is 0 Å². The first-order valence-corrected chi connectivity index (χ1v) is 10.7. The van der Waals surface area contributed by atoms with Crippen LogP contribution in [0.15, 0.2) is 48.5 Å². The fraction of sp³-hybridized carbons (Fsp3) is 0.316. The van der Waals surface area contributed by atoms with Crippen LogP contribution in [0.25, 0.3) is 0 Å². The lowest BCUT2D eigenvalue weighted by Crippen LogP contribution is -2.41. The summed E-state index contributed by atoms with van der Waals surface area (Å²) in [6.45, 7) is 0.219. The molecule has 0 aliphatic heterocycles. The number of ether oxygens (including phenoxy) is 2. The molecular formula is C19H23ClN2O5S. The highest BCUT2D eigenvalue weighted by atomic mass is 35.5. The van der Waals surface area contributed by atoms with Gasteiger partial charge in [-0.05, 0) is 35.9 Å². The second-order valence-electron chi connectivity index (χ2n) is 6.00. The molecule has 0 unspecified atom stereocenters. The average molecular weight is 427 g/mol. The topological polar surface area (TPSA) is 84.9 Å². The SMILES string of the molecule is COc1ccc(OCCNC(=O)CN(Cc2ccccc2Cl)S(C)(=O)=O)cc1. The van der Waals surface area contributed by atoms with Crippen molar-refractivity contribution in [3.63, 3.8) is 0 Å². The van der Waals surface area contributed by atoms with E-state index in [-0.39, 0.29) is 26.2 Å². The number of carbonyl (C=O) groups excluding carboxylic acids is 1. The third-order valence-corrected chi connectivity index (χ3v) is 5.41.